The molecular weight excluding hydrogens is 487 g/mol. The maximum absolute atomic E-state index is 14.0. The standard InChI is InChI=1S/C24H18BrFN6O/c1-15-6-8-16(9-7-15)21-10-11-27-23-18(12-28-32(21)23)24(33)29-22-19(25)14-31(30-22)13-17-4-2-3-5-20(17)26/h2-12,14H,13H2,1H3,(H,29,30,33). The lowest BCUT2D eigenvalue weighted by molar-refractivity contribution is 0.102. The summed E-state index contributed by atoms with van der Waals surface area (Å²) < 4.78 is 17.7. The number of hydrogen-bond donors (Lipinski definition) is 1. The molecule has 33 heavy (non-hydrogen) atoms. The van der Waals surface area contributed by atoms with Gasteiger partial charge in [0.25, 0.3) is 5.91 Å². The molecule has 0 bridgehead atoms. The van der Waals surface area contributed by atoms with Gasteiger partial charge < -0.3 is 5.32 Å². The summed E-state index contributed by atoms with van der Waals surface area (Å²) in [6, 6.07) is 16.4. The van der Waals surface area contributed by atoms with Crippen LogP contribution in [0, 0.1) is 12.7 Å². The number of fused-ring (bicyclic) bond motifs is 1. The summed E-state index contributed by atoms with van der Waals surface area (Å²) in [7, 11) is 0. The van der Waals surface area contributed by atoms with Crippen molar-refractivity contribution in [1.82, 2.24) is 24.4 Å². The lowest BCUT2D eigenvalue weighted by atomic mass is 10.1. The number of nitrogens with one attached hydrogen (secondary N) is 1. The Morgan fingerprint density at radius 1 is 1.12 bits per heavy atom. The van der Waals surface area contributed by atoms with Crippen LogP contribution in [0.1, 0.15) is 21.5 Å². The second-order valence-corrected chi connectivity index (χ2v) is 8.41. The molecule has 9 heteroatoms. The van der Waals surface area contributed by atoms with E-state index in [0.29, 0.717) is 27.1 Å². The van der Waals surface area contributed by atoms with E-state index in [1.54, 1.807) is 39.8 Å². The Morgan fingerprint density at radius 2 is 1.91 bits per heavy atom. The van der Waals surface area contributed by atoms with Gasteiger partial charge in [0.05, 0.1) is 22.9 Å². The predicted octanol–water partition coefficient (Wildman–Crippen LogP) is 5.10. The molecule has 5 rings (SSSR count). The monoisotopic (exact) mass is 504 g/mol. The van der Waals surface area contributed by atoms with E-state index in [1.807, 2.05) is 37.3 Å². The minimum atomic E-state index is -0.393. The van der Waals surface area contributed by atoms with Crippen molar-refractivity contribution in [2.75, 3.05) is 5.32 Å². The molecule has 3 heterocycles. The highest BCUT2D eigenvalue weighted by Gasteiger charge is 2.19. The van der Waals surface area contributed by atoms with Gasteiger partial charge in [-0.15, -0.1) is 0 Å². The first kappa shape index (κ1) is 21.0. The summed E-state index contributed by atoms with van der Waals surface area (Å²) in [6.45, 7) is 2.26. The van der Waals surface area contributed by atoms with Crippen molar-refractivity contribution in [3.63, 3.8) is 0 Å². The molecule has 0 saturated heterocycles. The maximum Gasteiger partial charge on any atom is 0.262 e. The third-order valence-electron chi connectivity index (χ3n) is 5.23. The van der Waals surface area contributed by atoms with Crippen molar-refractivity contribution in [2.45, 2.75) is 13.5 Å². The van der Waals surface area contributed by atoms with E-state index < -0.39 is 5.91 Å². The Hall–Kier alpha value is -3.85. The van der Waals surface area contributed by atoms with Gasteiger partial charge in [0.1, 0.15) is 11.4 Å². The van der Waals surface area contributed by atoms with E-state index in [0.717, 1.165) is 16.8 Å². The molecule has 0 aliphatic rings. The molecule has 0 unspecified atom stereocenters. The van der Waals surface area contributed by atoms with E-state index in [-0.39, 0.29) is 12.4 Å². The highest BCUT2D eigenvalue weighted by Crippen LogP contribution is 2.24. The fourth-order valence-corrected chi connectivity index (χ4v) is 3.95. The van der Waals surface area contributed by atoms with Gasteiger partial charge >= 0.3 is 0 Å². The van der Waals surface area contributed by atoms with Crippen molar-refractivity contribution < 1.29 is 9.18 Å². The van der Waals surface area contributed by atoms with Gasteiger partial charge in [-0.1, -0.05) is 48.0 Å². The second kappa shape index (κ2) is 8.59. The van der Waals surface area contributed by atoms with Crippen LogP contribution in [0.4, 0.5) is 10.2 Å². The van der Waals surface area contributed by atoms with E-state index >= 15 is 0 Å². The average molecular weight is 505 g/mol. The predicted molar refractivity (Wildman–Crippen MR) is 127 cm³/mol. The third-order valence-corrected chi connectivity index (χ3v) is 5.81. The van der Waals surface area contributed by atoms with Gasteiger partial charge in [-0.05, 0) is 35.0 Å². The van der Waals surface area contributed by atoms with Crippen molar-refractivity contribution in [3.8, 4) is 11.3 Å². The number of carbonyl (C=O) groups is 1. The highest BCUT2D eigenvalue weighted by atomic mass is 79.9. The molecular formula is C24H18BrFN6O. The van der Waals surface area contributed by atoms with Crippen LogP contribution in [0.15, 0.2) is 77.7 Å². The molecule has 0 spiro atoms. The first-order valence-electron chi connectivity index (χ1n) is 10.2. The highest BCUT2D eigenvalue weighted by molar-refractivity contribution is 9.10. The first-order valence-corrected chi connectivity index (χ1v) is 11.0. The van der Waals surface area contributed by atoms with Crippen LogP contribution in [0.3, 0.4) is 0 Å². The van der Waals surface area contributed by atoms with E-state index in [4.69, 9.17) is 0 Å². The van der Waals surface area contributed by atoms with Gasteiger partial charge in [0.2, 0.25) is 0 Å². The number of anilines is 1. The minimum absolute atomic E-state index is 0.235. The molecule has 2 aromatic carbocycles. The zero-order valence-electron chi connectivity index (χ0n) is 17.5. The summed E-state index contributed by atoms with van der Waals surface area (Å²) in [5, 5.41) is 11.5. The molecule has 0 fully saturated rings. The molecule has 0 aliphatic heterocycles. The molecule has 0 atom stereocenters. The average Bonchev–Trinajstić information content (AvgIpc) is 3.39. The number of aromatic nitrogens is 5. The van der Waals surface area contributed by atoms with Crippen LogP contribution in [-0.2, 0) is 6.54 Å². The maximum atomic E-state index is 14.0. The normalized spacial score (nSPS) is 11.1. The number of benzene rings is 2. The smallest absolute Gasteiger partial charge is 0.262 e. The zero-order valence-corrected chi connectivity index (χ0v) is 19.1. The van der Waals surface area contributed by atoms with Crippen molar-refractivity contribution in [2.24, 2.45) is 0 Å². The van der Waals surface area contributed by atoms with E-state index in [9.17, 15) is 9.18 Å². The number of aryl methyl sites for hydroxylation is 1. The first-order chi connectivity index (χ1) is 16.0. The number of halogens is 2. The Kier molecular flexibility index (Phi) is 5.47. The number of nitrogens with zero attached hydrogens (tertiary/aromatic N) is 5. The molecule has 0 radical (unpaired) electrons. The van der Waals surface area contributed by atoms with Crippen LogP contribution in [0.5, 0.6) is 0 Å². The lowest BCUT2D eigenvalue weighted by Crippen LogP contribution is -2.13. The number of hydrogen-bond acceptors (Lipinski definition) is 4. The van der Waals surface area contributed by atoms with Gasteiger partial charge in [0, 0.05) is 23.5 Å². The SMILES string of the molecule is Cc1ccc(-c2ccnc3c(C(=O)Nc4nn(Cc5ccccc5F)cc4Br)cnn23)cc1. The van der Waals surface area contributed by atoms with E-state index in [2.05, 4.69) is 36.4 Å². The molecule has 1 amide bonds. The summed E-state index contributed by atoms with van der Waals surface area (Å²) in [6.07, 6.45) is 4.83. The Labute approximate surface area is 197 Å². The van der Waals surface area contributed by atoms with Gasteiger partial charge in [-0.25, -0.2) is 13.9 Å². The minimum Gasteiger partial charge on any atom is -0.304 e. The molecule has 1 N–H and O–H groups in total. The molecule has 7 nitrogen and oxygen atoms in total. The fraction of sp³-hybridized carbons (Fsp3) is 0.0833. The van der Waals surface area contributed by atoms with Crippen LogP contribution in [0.25, 0.3) is 16.9 Å². The van der Waals surface area contributed by atoms with Crippen molar-refractivity contribution in [1.29, 1.82) is 0 Å². The van der Waals surface area contributed by atoms with Crippen LogP contribution < -0.4 is 5.32 Å². The summed E-state index contributed by atoms with van der Waals surface area (Å²) >= 11 is 3.41. The number of amides is 1. The topological polar surface area (TPSA) is 77.1 Å². The Morgan fingerprint density at radius 3 is 2.70 bits per heavy atom. The van der Waals surface area contributed by atoms with Gasteiger partial charge in [-0.2, -0.15) is 10.2 Å². The summed E-state index contributed by atoms with van der Waals surface area (Å²) in [5.41, 5.74) is 4.21. The summed E-state index contributed by atoms with van der Waals surface area (Å²) in [5.74, 6) is -0.378. The summed E-state index contributed by atoms with van der Waals surface area (Å²) in [4.78, 5) is 17.4. The van der Waals surface area contributed by atoms with Crippen LogP contribution in [-0.4, -0.2) is 30.3 Å². The quantitative estimate of drug-likeness (QED) is 0.361. The van der Waals surface area contributed by atoms with Crippen LogP contribution in [0.2, 0.25) is 0 Å². The molecule has 164 valence electrons. The Bertz CT molecular complexity index is 1470. The van der Waals surface area contributed by atoms with Crippen molar-refractivity contribution in [3.05, 3.63) is 100 Å². The Balaban J connectivity index is 1.41. The second-order valence-electron chi connectivity index (χ2n) is 7.56. The molecule has 3 aromatic heterocycles. The van der Waals surface area contributed by atoms with Crippen molar-refractivity contribution >= 4 is 33.3 Å². The largest absolute Gasteiger partial charge is 0.304 e. The number of rotatable bonds is 5. The van der Waals surface area contributed by atoms with Crippen LogP contribution >= 0.6 is 15.9 Å². The molecule has 5 aromatic rings. The lowest BCUT2D eigenvalue weighted by Gasteiger charge is -2.06. The zero-order chi connectivity index (χ0) is 22.9. The van der Waals surface area contributed by atoms with Gasteiger partial charge in [-0.3, -0.25) is 9.48 Å². The van der Waals surface area contributed by atoms with Gasteiger partial charge in [0.15, 0.2) is 11.5 Å². The fourth-order valence-electron chi connectivity index (χ4n) is 3.53. The molecule has 0 saturated carbocycles. The third kappa shape index (κ3) is 4.14. The molecule has 0 aliphatic carbocycles. The van der Waals surface area contributed by atoms with E-state index in [1.165, 1.54) is 12.3 Å². The number of carbonyl (C=O) groups excluding carboxylic acids is 1.